The monoisotopic (exact) mass is 184 g/mol. The van der Waals surface area contributed by atoms with Crippen molar-refractivity contribution >= 4 is 0 Å². The summed E-state index contributed by atoms with van der Waals surface area (Å²) < 4.78 is 24.6. The second-order valence-electron chi connectivity index (χ2n) is 2.37. The summed E-state index contributed by atoms with van der Waals surface area (Å²) in [5, 5.41) is 8.30. The van der Waals surface area contributed by atoms with Crippen molar-refractivity contribution in [1.82, 2.24) is 4.98 Å². The number of nitrogens with one attached hydrogen (secondary N) is 1. The summed E-state index contributed by atoms with van der Waals surface area (Å²) in [4.78, 5) is 13.4. The van der Waals surface area contributed by atoms with Crippen molar-refractivity contribution < 1.29 is 8.78 Å². The lowest BCUT2D eigenvalue weighted by Gasteiger charge is -2.03. The van der Waals surface area contributed by atoms with E-state index in [4.69, 9.17) is 5.26 Å². The lowest BCUT2D eigenvalue weighted by Crippen LogP contribution is -2.12. The quantitative estimate of drug-likeness (QED) is 0.754. The Morgan fingerprint density at radius 2 is 2.31 bits per heavy atom. The molecule has 0 spiro atoms. The third-order valence-corrected chi connectivity index (χ3v) is 1.56. The van der Waals surface area contributed by atoms with E-state index in [2.05, 4.69) is 4.98 Å². The van der Waals surface area contributed by atoms with Gasteiger partial charge < -0.3 is 4.98 Å². The van der Waals surface area contributed by atoms with E-state index in [1.54, 1.807) is 6.07 Å². The number of H-pyrrole nitrogens is 1. The molecule has 0 radical (unpaired) electrons. The van der Waals surface area contributed by atoms with E-state index in [-0.39, 0.29) is 12.1 Å². The van der Waals surface area contributed by atoms with Crippen molar-refractivity contribution in [3.05, 3.63) is 33.7 Å². The van der Waals surface area contributed by atoms with Crippen molar-refractivity contribution in [3.8, 4) is 6.07 Å². The lowest BCUT2D eigenvalue weighted by molar-refractivity contribution is 0.148. The SMILES string of the molecule is N#CCc1[nH]ccc(=O)c1C(F)F. The Balaban J connectivity index is 3.28. The molecule has 3 nitrogen and oxygen atoms in total. The summed E-state index contributed by atoms with van der Waals surface area (Å²) >= 11 is 0. The van der Waals surface area contributed by atoms with E-state index in [1.807, 2.05) is 0 Å². The molecule has 0 amide bonds. The number of halogens is 2. The summed E-state index contributed by atoms with van der Waals surface area (Å²) in [5.41, 5.74) is -1.35. The van der Waals surface area contributed by atoms with Crippen LogP contribution in [0.2, 0.25) is 0 Å². The van der Waals surface area contributed by atoms with Gasteiger partial charge in [0, 0.05) is 18.0 Å². The summed E-state index contributed by atoms with van der Waals surface area (Å²) in [6.07, 6.45) is -1.80. The lowest BCUT2D eigenvalue weighted by atomic mass is 10.1. The maximum Gasteiger partial charge on any atom is 0.269 e. The molecule has 1 rings (SSSR count). The van der Waals surface area contributed by atoms with Crippen LogP contribution in [-0.2, 0) is 6.42 Å². The summed E-state index contributed by atoms with van der Waals surface area (Å²) in [5.74, 6) is 0. The average molecular weight is 184 g/mol. The molecule has 0 saturated heterocycles. The van der Waals surface area contributed by atoms with Gasteiger partial charge in [0.1, 0.15) is 0 Å². The van der Waals surface area contributed by atoms with E-state index in [9.17, 15) is 13.6 Å². The fourth-order valence-electron chi connectivity index (χ4n) is 0.999. The number of nitrogens with zero attached hydrogens (tertiary/aromatic N) is 1. The van der Waals surface area contributed by atoms with Gasteiger partial charge in [0.05, 0.1) is 18.1 Å². The van der Waals surface area contributed by atoms with Crippen molar-refractivity contribution in [2.24, 2.45) is 0 Å². The number of hydrogen-bond donors (Lipinski definition) is 1. The summed E-state index contributed by atoms with van der Waals surface area (Å²) in [7, 11) is 0. The van der Waals surface area contributed by atoms with Gasteiger partial charge in [-0.3, -0.25) is 4.79 Å². The van der Waals surface area contributed by atoms with Gasteiger partial charge in [-0.05, 0) is 0 Å². The van der Waals surface area contributed by atoms with Crippen molar-refractivity contribution in [3.63, 3.8) is 0 Å². The largest absolute Gasteiger partial charge is 0.364 e. The molecule has 0 aliphatic rings. The fraction of sp³-hybridized carbons (Fsp3) is 0.250. The molecule has 1 aromatic rings. The molecule has 0 aromatic carbocycles. The second-order valence-corrected chi connectivity index (χ2v) is 2.37. The number of nitriles is 1. The first-order valence-corrected chi connectivity index (χ1v) is 3.52. The van der Waals surface area contributed by atoms with Gasteiger partial charge in [0.15, 0.2) is 5.43 Å². The molecule has 5 heteroatoms. The van der Waals surface area contributed by atoms with E-state index in [0.29, 0.717) is 0 Å². The van der Waals surface area contributed by atoms with Gasteiger partial charge in [0.2, 0.25) is 0 Å². The Morgan fingerprint density at radius 3 is 2.85 bits per heavy atom. The van der Waals surface area contributed by atoms with Gasteiger partial charge >= 0.3 is 0 Å². The predicted octanol–water partition coefficient (Wildman–Crippen LogP) is 1.38. The molecule has 1 heterocycles. The number of hydrogen-bond acceptors (Lipinski definition) is 2. The van der Waals surface area contributed by atoms with Crippen LogP contribution in [0.25, 0.3) is 0 Å². The zero-order valence-corrected chi connectivity index (χ0v) is 6.55. The Hall–Kier alpha value is -1.70. The van der Waals surface area contributed by atoms with Gasteiger partial charge in [-0.1, -0.05) is 0 Å². The number of alkyl halides is 2. The van der Waals surface area contributed by atoms with Crippen LogP contribution < -0.4 is 5.43 Å². The van der Waals surface area contributed by atoms with E-state index in [0.717, 1.165) is 6.07 Å². The van der Waals surface area contributed by atoms with Crippen LogP contribution in [0.4, 0.5) is 8.78 Å². The first kappa shape index (κ1) is 9.39. The van der Waals surface area contributed by atoms with Crippen LogP contribution in [0.5, 0.6) is 0 Å². The maximum absolute atomic E-state index is 12.3. The van der Waals surface area contributed by atoms with Gasteiger partial charge in [-0.2, -0.15) is 5.26 Å². The van der Waals surface area contributed by atoms with Crippen LogP contribution in [0, 0.1) is 11.3 Å². The van der Waals surface area contributed by atoms with E-state index < -0.39 is 17.4 Å². The highest BCUT2D eigenvalue weighted by Gasteiger charge is 2.16. The molecule has 0 atom stereocenters. The first-order valence-electron chi connectivity index (χ1n) is 3.52. The average Bonchev–Trinajstić information content (AvgIpc) is 2.04. The molecule has 0 saturated carbocycles. The topological polar surface area (TPSA) is 56.6 Å². The van der Waals surface area contributed by atoms with Crippen LogP contribution >= 0.6 is 0 Å². The third-order valence-electron chi connectivity index (χ3n) is 1.56. The van der Waals surface area contributed by atoms with Crippen molar-refractivity contribution in [2.45, 2.75) is 12.8 Å². The smallest absolute Gasteiger partial charge is 0.269 e. The number of rotatable bonds is 2. The third kappa shape index (κ3) is 1.90. The number of pyridine rings is 1. The molecule has 68 valence electrons. The molecular formula is C8H6F2N2O. The Morgan fingerprint density at radius 1 is 1.62 bits per heavy atom. The van der Waals surface area contributed by atoms with Crippen LogP contribution in [0.1, 0.15) is 17.7 Å². The van der Waals surface area contributed by atoms with Crippen molar-refractivity contribution in [2.75, 3.05) is 0 Å². The van der Waals surface area contributed by atoms with Crippen LogP contribution in [0.3, 0.4) is 0 Å². The molecule has 0 aliphatic carbocycles. The Bertz CT molecular complexity index is 392. The fourth-order valence-corrected chi connectivity index (χ4v) is 0.999. The number of aromatic nitrogens is 1. The standard InChI is InChI=1S/C8H6F2N2O/c9-8(10)7-5(1-3-11)12-4-2-6(7)13/h2,4,8H,1H2,(H,12,13). The molecule has 0 bridgehead atoms. The van der Waals surface area contributed by atoms with Crippen molar-refractivity contribution in [1.29, 1.82) is 5.26 Å². The van der Waals surface area contributed by atoms with E-state index in [1.165, 1.54) is 6.20 Å². The normalized spacial score (nSPS) is 10.0. The van der Waals surface area contributed by atoms with Gasteiger partial charge in [-0.15, -0.1) is 0 Å². The highest BCUT2D eigenvalue weighted by molar-refractivity contribution is 5.23. The highest BCUT2D eigenvalue weighted by atomic mass is 19.3. The number of aromatic amines is 1. The van der Waals surface area contributed by atoms with Crippen LogP contribution in [0.15, 0.2) is 17.1 Å². The molecule has 0 aliphatic heterocycles. The van der Waals surface area contributed by atoms with Gasteiger partial charge in [0.25, 0.3) is 6.43 Å². The highest BCUT2D eigenvalue weighted by Crippen LogP contribution is 2.17. The zero-order valence-electron chi connectivity index (χ0n) is 6.55. The first-order chi connectivity index (χ1) is 6.16. The molecule has 0 fully saturated rings. The Labute approximate surface area is 72.6 Å². The molecule has 1 aromatic heterocycles. The molecular weight excluding hydrogens is 178 g/mol. The van der Waals surface area contributed by atoms with Gasteiger partial charge in [-0.25, -0.2) is 8.78 Å². The Kier molecular flexibility index (Phi) is 2.75. The molecule has 13 heavy (non-hydrogen) atoms. The molecule has 0 unspecified atom stereocenters. The van der Waals surface area contributed by atoms with E-state index >= 15 is 0 Å². The predicted molar refractivity (Wildman–Crippen MR) is 41.3 cm³/mol. The minimum Gasteiger partial charge on any atom is -0.364 e. The second kappa shape index (κ2) is 3.81. The maximum atomic E-state index is 12.3. The molecule has 1 N–H and O–H groups in total. The summed E-state index contributed by atoms with van der Waals surface area (Å²) in [6, 6.07) is 2.72. The minimum absolute atomic E-state index is 0.00926. The zero-order chi connectivity index (χ0) is 9.84. The van der Waals surface area contributed by atoms with Crippen LogP contribution in [-0.4, -0.2) is 4.98 Å². The summed E-state index contributed by atoms with van der Waals surface area (Å²) in [6.45, 7) is 0. The minimum atomic E-state index is -2.84.